The SMILES string of the molecule is CN=C(NCCCc1nn(-c2ccccc2)c(N)c1C#N)NC(C)CCC(C)C. The third kappa shape index (κ3) is 6.53. The average Bonchev–Trinajstić information content (AvgIpc) is 3.04. The molecule has 0 saturated heterocycles. The van der Waals surface area contributed by atoms with Gasteiger partial charge in [-0.2, -0.15) is 10.4 Å². The van der Waals surface area contributed by atoms with Crippen LogP contribution in [0.4, 0.5) is 5.82 Å². The van der Waals surface area contributed by atoms with Crippen molar-refractivity contribution in [2.75, 3.05) is 19.3 Å². The molecule has 0 bridgehead atoms. The first-order valence-electron chi connectivity index (χ1n) is 10.3. The number of nitrogens with one attached hydrogen (secondary N) is 2. The molecule has 7 heteroatoms. The van der Waals surface area contributed by atoms with Gasteiger partial charge >= 0.3 is 0 Å². The summed E-state index contributed by atoms with van der Waals surface area (Å²) in [7, 11) is 1.78. The van der Waals surface area contributed by atoms with E-state index in [4.69, 9.17) is 5.73 Å². The second-order valence-electron chi connectivity index (χ2n) is 7.69. The van der Waals surface area contributed by atoms with E-state index in [-0.39, 0.29) is 0 Å². The van der Waals surface area contributed by atoms with E-state index in [0.29, 0.717) is 29.8 Å². The molecule has 0 aliphatic rings. The number of aryl methyl sites for hydroxylation is 1. The van der Waals surface area contributed by atoms with E-state index in [9.17, 15) is 5.26 Å². The lowest BCUT2D eigenvalue weighted by molar-refractivity contribution is 0.489. The normalized spacial score (nSPS) is 12.6. The fourth-order valence-corrected chi connectivity index (χ4v) is 3.09. The lowest BCUT2D eigenvalue weighted by Gasteiger charge is -2.18. The summed E-state index contributed by atoms with van der Waals surface area (Å²) < 4.78 is 1.64. The number of nitrogens with zero attached hydrogens (tertiary/aromatic N) is 4. The summed E-state index contributed by atoms with van der Waals surface area (Å²) in [5.74, 6) is 1.89. The number of anilines is 1. The van der Waals surface area contributed by atoms with Crippen molar-refractivity contribution in [1.82, 2.24) is 20.4 Å². The molecule has 1 unspecified atom stereocenters. The van der Waals surface area contributed by atoms with Gasteiger partial charge in [-0.25, -0.2) is 4.68 Å². The van der Waals surface area contributed by atoms with Crippen LogP contribution in [0, 0.1) is 17.2 Å². The van der Waals surface area contributed by atoms with Crippen LogP contribution in [0.1, 0.15) is 51.3 Å². The number of nitrogen functional groups attached to an aromatic ring is 1. The number of guanidine groups is 1. The van der Waals surface area contributed by atoms with Crippen molar-refractivity contribution in [1.29, 1.82) is 5.26 Å². The van der Waals surface area contributed by atoms with Crippen molar-refractivity contribution < 1.29 is 0 Å². The molecule has 7 nitrogen and oxygen atoms in total. The molecule has 0 aliphatic carbocycles. The summed E-state index contributed by atoms with van der Waals surface area (Å²) in [5.41, 5.74) is 8.19. The third-order valence-corrected chi connectivity index (χ3v) is 4.77. The number of hydrogen-bond acceptors (Lipinski definition) is 4. The summed E-state index contributed by atoms with van der Waals surface area (Å²) in [5, 5.41) is 20.8. The number of nitrogens with two attached hydrogens (primary N) is 1. The van der Waals surface area contributed by atoms with Crippen LogP contribution in [0.5, 0.6) is 0 Å². The molecular formula is C22H33N7. The van der Waals surface area contributed by atoms with Gasteiger partial charge in [-0.1, -0.05) is 32.0 Å². The van der Waals surface area contributed by atoms with E-state index in [2.05, 4.69) is 47.6 Å². The number of hydrogen-bond donors (Lipinski definition) is 3. The van der Waals surface area contributed by atoms with Crippen LogP contribution in [0.15, 0.2) is 35.3 Å². The van der Waals surface area contributed by atoms with Crippen molar-refractivity contribution in [3.8, 4) is 11.8 Å². The van der Waals surface area contributed by atoms with Crippen LogP contribution in [-0.2, 0) is 6.42 Å². The van der Waals surface area contributed by atoms with Gasteiger partial charge in [0.25, 0.3) is 0 Å². The Balaban J connectivity index is 1.89. The Morgan fingerprint density at radius 1 is 1.24 bits per heavy atom. The first-order valence-corrected chi connectivity index (χ1v) is 10.3. The maximum Gasteiger partial charge on any atom is 0.191 e. The van der Waals surface area contributed by atoms with Crippen LogP contribution in [0.2, 0.25) is 0 Å². The Morgan fingerprint density at radius 2 is 1.97 bits per heavy atom. The number of rotatable bonds is 9. The van der Waals surface area contributed by atoms with Gasteiger partial charge in [0.15, 0.2) is 5.96 Å². The van der Waals surface area contributed by atoms with Crippen molar-refractivity contribution >= 4 is 11.8 Å². The van der Waals surface area contributed by atoms with Crippen LogP contribution in [0.3, 0.4) is 0 Å². The van der Waals surface area contributed by atoms with Gasteiger partial charge in [0.05, 0.1) is 11.4 Å². The number of para-hydroxylation sites is 1. The standard InChI is InChI=1S/C22H33N7/c1-16(2)12-13-17(3)27-22(25-4)26-14-8-11-20-19(15-23)21(24)29(28-20)18-9-6-5-7-10-18/h5-7,9-10,16-17H,8,11-14,24H2,1-4H3,(H2,25,26,27). The molecule has 2 aromatic rings. The Labute approximate surface area is 174 Å². The molecule has 0 aliphatic heterocycles. The first-order chi connectivity index (χ1) is 14.0. The van der Waals surface area contributed by atoms with Gasteiger partial charge in [-0.05, 0) is 50.7 Å². The molecule has 0 radical (unpaired) electrons. The Bertz CT molecular complexity index is 831. The fourth-order valence-electron chi connectivity index (χ4n) is 3.09. The molecular weight excluding hydrogens is 362 g/mol. The van der Waals surface area contributed by atoms with Gasteiger partial charge in [0, 0.05) is 19.6 Å². The molecule has 2 rings (SSSR count). The average molecular weight is 396 g/mol. The topological polar surface area (TPSA) is 104 Å². The lowest BCUT2D eigenvalue weighted by Crippen LogP contribution is -2.42. The molecule has 4 N–H and O–H groups in total. The molecule has 0 fully saturated rings. The van der Waals surface area contributed by atoms with E-state index < -0.39 is 0 Å². The second-order valence-corrected chi connectivity index (χ2v) is 7.69. The largest absolute Gasteiger partial charge is 0.382 e. The predicted octanol–water partition coefficient (Wildman–Crippen LogP) is 3.25. The van der Waals surface area contributed by atoms with Gasteiger partial charge < -0.3 is 16.4 Å². The summed E-state index contributed by atoms with van der Waals surface area (Å²) in [6, 6.07) is 12.2. The van der Waals surface area contributed by atoms with Crippen LogP contribution < -0.4 is 16.4 Å². The summed E-state index contributed by atoms with van der Waals surface area (Å²) in [6.07, 6.45) is 3.79. The Morgan fingerprint density at radius 3 is 2.59 bits per heavy atom. The zero-order valence-corrected chi connectivity index (χ0v) is 17.9. The van der Waals surface area contributed by atoms with Crippen LogP contribution >= 0.6 is 0 Å². The van der Waals surface area contributed by atoms with Crippen molar-refractivity contribution in [3.05, 3.63) is 41.6 Å². The van der Waals surface area contributed by atoms with Gasteiger partial charge in [-0.15, -0.1) is 0 Å². The zero-order chi connectivity index (χ0) is 21.2. The molecule has 1 heterocycles. The number of aliphatic imine (C=N–C) groups is 1. The zero-order valence-electron chi connectivity index (χ0n) is 17.9. The van der Waals surface area contributed by atoms with Crippen LogP contribution in [-0.4, -0.2) is 35.4 Å². The number of nitriles is 1. The number of benzene rings is 1. The predicted molar refractivity (Wildman–Crippen MR) is 119 cm³/mol. The minimum Gasteiger partial charge on any atom is -0.382 e. The van der Waals surface area contributed by atoms with Gasteiger partial charge in [0.1, 0.15) is 17.5 Å². The van der Waals surface area contributed by atoms with Crippen LogP contribution in [0.25, 0.3) is 5.69 Å². The van der Waals surface area contributed by atoms with Gasteiger partial charge in [0.2, 0.25) is 0 Å². The Kier molecular flexibility index (Phi) is 8.53. The van der Waals surface area contributed by atoms with E-state index >= 15 is 0 Å². The molecule has 1 aromatic heterocycles. The molecule has 29 heavy (non-hydrogen) atoms. The molecule has 156 valence electrons. The fraction of sp³-hybridized carbons (Fsp3) is 0.500. The maximum atomic E-state index is 9.50. The highest BCUT2D eigenvalue weighted by molar-refractivity contribution is 5.79. The molecule has 0 amide bonds. The number of aromatic nitrogens is 2. The van der Waals surface area contributed by atoms with Crippen molar-refractivity contribution in [3.63, 3.8) is 0 Å². The quantitative estimate of drug-likeness (QED) is 0.343. The van der Waals surface area contributed by atoms with Crippen molar-refractivity contribution in [2.45, 2.75) is 52.5 Å². The molecule has 1 aromatic carbocycles. The minimum atomic E-state index is 0.371. The minimum absolute atomic E-state index is 0.371. The van der Waals surface area contributed by atoms with Gasteiger partial charge in [-0.3, -0.25) is 4.99 Å². The maximum absolute atomic E-state index is 9.50. The third-order valence-electron chi connectivity index (χ3n) is 4.77. The van der Waals surface area contributed by atoms with E-state index in [1.807, 2.05) is 30.3 Å². The molecule has 0 spiro atoms. The summed E-state index contributed by atoms with van der Waals surface area (Å²) >= 11 is 0. The molecule has 0 saturated carbocycles. The highest BCUT2D eigenvalue weighted by Gasteiger charge is 2.16. The highest BCUT2D eigenvalue weighted by Crippen LogP contribution is 2.21. The lowest BCUT2D eigenvalue weighted by atomic mass is 10.0. The first kappa shape index (κ1) is 22.3. The highest BCUT2D eigenvalue weighted by atomic mass is 15.3. The van der Waals surface area contributed by atoms with Crippen molar-refractivity contribution in [2.24, 2.45) is 10.9 Å². The smallest absolute Gasteiger partial charge is 0.191 e. The van der Waals surface area contributed by atoms with E-state index in [1.54, 1.807) is 11.7 Å². The summed E-state index contributed by atoms with van der Waals surface area (Å²) in [6.45, 7) is 7.38. The summed E-state index contributed by atoms with van der Waals surface area (Å²) in [4.78, 5) is 4.29. The Hall–Kier alpha value is -3.01. The second kappa shape index (κ2) is 11.1. The van der Waals surface area contributed by atoms with E-state index in [1.165, 1.54) is 6.42 Å². The van der Waals surface area contributed by atoms with E-state index in [0.717, 1.165) is 36.7 Å². The monoisotopic (exact) mass is 395 g/mol. The molecule has 1 atom stereocenters.